The van der Waals surface area contributed by atoms with Gasteiger partial charge in [0.2, 0.25) is 11.0 Å². The highest BCUT2D eigenvalue weighted by Gasteiger charge is 2.09. The Morgan fingerprint density at radius 2 is 2.04 bits per heavy atom. The molecule has 0 spiro atoms. The van der Waals surface area contributed by atoms with Gasteiger partial charge in [-0.15, -0.1) is 11.3 Å². The van der Waals surface area contributed by atoms with Crippen LogP contribution in [0.3, 0.4) is 0 Å². The minimum Gasteiger partial charge on any atom is -0.484 e. The number of para-hydroxylation sites is 1. The SMILES string of the molecule is Cc1csc(NN=Cc2cccc(-c3noc(COc4ccccc4)n3)c2)n1. The van der Waals surface area contributed by atoms with Gasteiger partial charge in [0.15, 0.2) is 6.61 Å². The lowest BCUT2D eigenvalue weighted by molar-refractivity contribution is 0.243. The van der Waals surface area contributed by atoms with Crippen molar-refractivity contribution in [3.8, 4) is 17.1 Å². The molecular weight excluding hydrogens is 374 g/mol. The molecule has 2 aromatic heterocycles. The molecule has 140 valence electrons. The van der Waals surface area contributed by atoms with E-state index in [1.807, 2.05) is 66.9 Å². The molecule has 0 aliphatic carbocycles. The number of rotatable bonds is 7. The summed E-state index contributed by atoms with van der Waals surface area (Å²) in [5.74, 6) is 1.67. The number of benzene rings is 2. The molecule has 0 unspecified atom stereocenters. The Hall–Kier alpha value is -3.52. The lowest BCUT2D eigenvalue weighted by Crippen LogP contribution is -1.95. The summed E-state index contributed by atoms with van der Waals surface area (Å²) in [4.78, 5) is 8.69. The third-order valence-electron chi connectivity index (χ3n) is 3.71. The Morgan fingerprint density at radius 3 is 2.86 bits per heavy atom. The molecule has 2 aromatic carbocycles. The van der Waals surface area contributed by atoms with Crippen LogP contribution in [0.25, 0.3) is 11.4 Å². The fourth-order valence-corrected chi connectivity index (χ4v) is 3.05. The van der Waals surface area contributed by atoms with Crippen molar-refractivity contribution in [2.24, 2.45) is 5.10 Å². The normalized spacial score (nSPS) is 11.0. The summed E-state index contributed by atoms with van der Waals surface area (Å²) in [5.41, 5.74) is 5.63. The Morgan fingerprint density at radius 1 is 1.14 bits per heavy atom. The number of nitrogens with zero attached hydrogens (tertiary/aromatic N) is 4. The van der Waals surface area contributed by atoms with Gasteiger partial charge in [0.1, 0.15) is 5.75 Å². The maximum absolute atomic E-state index is 5.63. The molecule has 0 amide bonds. The number of thiazole rings is 1. The molecule has 1 N–H and O–H groups in total. The third-order valence-corrected chi connectivity index (χ3v) is 4.58. The van der Waals surface area contributed by atoms with E-state index in [9.17, 15) is 0 Å². The van der Waals surface area contributed by atoms with Crippen molar-refractivity contribution in [2.75, 3.05) is 5.43 Å². The van der Waals surface area contributed by atoms with Crippen molar-refractivity contribution < 1.29 is 9.26 Å². The predicted molar refractivity (Wildman–Crippen MR) is 109 cm³/mol. The first-order valence-electron chi connectivity index (χ1n) is 8.58. The minimum atomic E-state index is 0.218. The van der Waals surface area contributed by atoms with Crippen molar-refractivity contribution in [2.45, 2.75) is 13.5 Å². The molecule has 7 nitrogen and oxygen atoms in total. The average molecular weight is 391 g/mol. The number of nitrogens with one attached hydrogen (secondary N) is 1. The highest BCUT2D eigenvalue weighted by molar-refractivity contribution is 7.13. The fourth-order valence-electron chi connectivity index (χ4n) is 2.42. The summed E-state index contributed by atoms with van der Waals surface area (Å²) in [5, 5.41) is 11.0. The van der Waals surface area contributed by atoms with E-state index in [4.69, 9.17) is 9.26 Å². The summed E-state index contributed by atoms with van der Waals surface area (Å²) in [6.07, 6.45) is 1.72. The molecule has 0 saturated heterocycles. The summed E-state index contributed by atoms with van der Waals surface area (Å²) in [6, 6.07) is 17.2. The first-order chi connectivity index (χ1) is 13.8. The predicted octanol–water partition coefficient (Wildman–Crippen LogP) is 4.53. The number of anilines is 1. The lowest BCUT2D eigenvalue weighted by Gasteiger charge is -2.01. The van der Waals surface area contributed by atoms with Crippen molar-refractivity contribution in [3.05, 3.63) is 77.1 Å². The summed E-state index contributed by atoms with van der Waals surface area (Å²) in [7, 11) is 0. The molecule has 0 bridgehead atoms. The monoisotopic (exact) mass is 391 g/mol. The first-order valence-corrected chi connectivity index (χ1v) is 9.46. The van der Waals surface area contributed by atoms with E-state index in [1.54, 1.807) is 6.21 Å². The van der Waals surface area contributed by atoms with Crippen LogP contribution in [0.15, 0.2) is 69.6 Å². The van der Waals surface area contributed by atoms with Gasteiger partial charge in [0.25, 0.3) is 5.89 Å². The van der Waals surface area contributed by atoms with Crippen LogP contribution in [0, 0.1) is 6.92 Å². The smallest absolute Gasteiger partial charge is 0.264 e. The van der Waals surface area contributed by atoms with E-state index in [-0.39, 0.29) is 6.61 Å². The second kappa shape index (κ2) is 8.45. The number of ether oxygens (including phenoxy) is 1. The fraction of sp³-hybridized carbons (Fsp3) is 0.100. The molecule has 0 aliphatic rings. The van der Waals surface area contributed by atoms with Crippen LogP contribution in [-0.2, 0) is 6.61 Å². The Kier molecular flexibility index (Phi) is 5.39. The Labute approximate surface area is 165 Å². The molecule has 4 aromatic rings. The van der Waals surface area contributed by atoms with Crippen molar-refractivity contribution in [3.63, 3.8) is 0 Å². The zero-order valence-electron chi connectivity index (χ0n) is 15.1. The largest absolute Gasteiger partial charge is 0.484 e. The highest BCUT2D eigenvalue weighted by Crippen LogP contribution is 2.18. The van der Waals surface area contributed by atoms with E-state index < -0.39 is 0 Å². The van der Waals surface area contributed by atoms with Crippen LogP contribution in [0.4, 0.5) is 5.13 Å². The van der Waals surface area contributed by atoms with Gasteiger partial charge >= 0.3 is 0 Å². The van der Waals surface area contributed by atoms with Gasteiger partial charge in [0, 0.05) is 10.9 Å². The summed E-state index contributed by atoms with van der Waals surface area (Å²) in [6.45, 7) is 2.16. The van der Waals surface area contributed by atoms with Crippen molar-refractivity contribution >= 4 is 22.7 Å². The number of hydrazone groups is 1. The Balaban J connectivity index is 1.40. The lowest BCUT2D eigenvalue weighted by atomic mass is 10.1. The first kappa shape index (κ1) is 17.9. The van der Waals surface area contributed by atoms with Crippen LogP contribution >= 0.6 is 11.3 Å². The molecule has 2 heterocycles. The van der Waals surface area contributed by atoms with Crippen LogP contribution in [0.2, 0.25) is 0 Å². The molecule has 8 heteroatoms. The van der Waals surface area contributed by atoms with Gasteiger partial charge in [-0.05, 0) is 30.7 Å². The van der Waals surface area contributed by atoms with E-state index in [2.05, 4.69) is 25.7 Å². The van der Waals surface area contributed by atoms with Gasteiger partial charge in [-0.1, -0.05) is 41.6 Å². The molecule has 0 radical (unpaired) electrons. The van der Waals surface area contributed by atoms with Crippen LogP contribution in [0.1, 0.15) is 17.1 Å². The van der Waals surface area contributed by atoms with Crippen molar-refractivity contribution in [1.29, 1.82) is 0 Å². The van der Waals surface area contributed by atoms with E-state index >= 15 is 0 Å². The molecule has 4 rings (SSSR count). The molecule has 0 fully saturated rings. The van der Waals surface area contributed by atoms with E-state index in [0.717, 1.165) is 27.7 Å². The standard InChI is InChI=1S/C20H17N5O2S/c1-14-13-28-20(22-14)24-21-11-15-6-5-7-16(10-15)19-23-18(27-25-19)12-26-17-8-3-2-4-9-17/h2-11,13H,12H2,1H3,(H,22,24). The molecule has 0 saturated carbocycles. The van der Waals surface area contributed by atoms with Crippen LogP contribution in [-0.4, -0.2) is 21.3 Å². The summed E-state index contributed by atoms with van der Waals surface area (Å²) >= 11 is 1.51. The molecule has 0 aliphatic heterocycles. The number of hydrogen-bond donors (Lipinski definition) is 1. The molecule has 28 heavy (non-hydrogen) atoms. The van der Waals surface area contributed by atoms with Gasteiger partial charge in [-0.2, -0.15) is 10.1 Å². The number of aryl methyl sites for hydroxylation is 1. The quantitative estimate of drug-likeness (QED) is 0.368. The minimum absolute atomic E-state index is 0.218. The van der Waals surface area contributed by atoms with Crippen molar-refractivity contribution in [1.82, 2.24) is 15.1 Å². The third kappa shape index (κ3) is 4.60. The zero-order chi connectivity index (χ0) is 19.2. The van der Waals surface area contributed by atoms with Gasteiger partial charge in [-0.3, -0.25) is 5.43 Å². The highest BCUT2D eigenvalue weighted by atomic mass is 32.1. The van der Waals surface area contributed by atoms with Gasteiger partial charge in [0.05, 0.1) is 11.9 Å². The van der Waals surface area contributed by atoms with Gasteiger partial charge in [-0.25, -0.2) is 4.98 Å². The maximum Gasteiger partial charge on any atom is 0.264 e. The van der Waals surface area contributed by atoms with Gasteiger partial charge < -0.3 is 9.26 Å². The molecule has 0 atom stereocenters. The van der Waals surface area contributed by atoms with E-state index in [0.29, 0.717) is 11.7 Å². The molecular formula is C20H17N5O2S. The average Bonchev–Trinajstić information content (AvgIpc) is 3.37. The Bertz CT molecular complexity index is 1070. The second-order valence-corrected chi connectivity index (χ2v) is 6.76. The summed E-state index contributed by atoms with van der Waals surface area (Å²) < 4.78 is 10.9. The zero-order valence-corrected chi connectivity index (χ0v) is 15.9. The van der Waals surface area contributed by atoms with E-state index in [1.165, 1.54) is 11.3 Å². The second-order valence-electron chi connectivity index (χ2n) is 5.90. The van der Waals surface area contributed by atoms with Crippen LogP contribution < -0.4 is 10.2 Å². The number of aromatic nitrogens is 3. The van der Waals surface area contributed by atoms with Crippen LogP contribution in [0.5, 0.6) is 5.75 Å². The topological polar surface area (TPSA) is 85.4 Å². The number of hydrogen-bond acceptors (Lipinski definition) is 8. The maximum atomic E-state index is 5.63.